The summed E-state index contributed by atoms with van der Waals surface area (Å²) in [5.41, 5.74) is 5.18. The average Bonchev–Trinajstić information content (AvgIpc) is 3.15. The van der Waals surface area contributed by atoms with Crippen LogP contribution in [0.2, 0.25) is 0 Å². The number of rotatable bonds is 6. The van der Waals surface area contributed by atoms with E-state index in [-0.39, 0.29) is 11.4 Å². The van der Waals surface area contributed by atoms with Crippen LogP contribution in [0, 0.1) is 4.78 Å². The number of nitrogens with zero attached hydrogens (tertiary/aromatic N) is 2. The van der Waals surface area contributed by atoms with Gasteiger partial charge >= 0.3 is 6.36 Å². The molecule has 0 radical (unpaired) electrons. The minimum atomic E-state index is -4.87. The van der Waals surface area contributed by atoms with Crippen LogP contribution in [0.25, 0.3) is 0 Å². The molecule has 11 heteroatoms. The van der Waals surface area contributed by atoms with Crippen LogP contribution >= 0.6 is 0 Å². The Morgan fingerprint density at radius 2 is 1.37 bits per heavy atom. The maximum atomic E-state index is 13.7. The Morgan fingerprint density at radius 1 is 0.814 bits per heavy atom. The van der Waals surface area contributed by atoms with E-state index < -0.39 is 40.2 Å². The number of ether oxygens (including phenoxy) is 1. The smallest absolute Gasteiger partial charge is 0.406 e. The lowest BCUT2D eigenvalue weighted by molar-refractivity contribution is -0.274. The molecule has 0 saturated carbocycles. The number of alkyl halides is 3. The highest BCUT2D eigenvalue weighted by molar-refractivity contribution is 7.90. The van der Waals surface area contributed by atoms with Gasteiger partial charge in [-0.3, -0.25) is 0 Å². The highest BCUT2D eigenvalue weighted by Crippen LogP contribution is 2.40. The Bertz CT molecular complexity index is 1640. The van der Waals surface area contributed by atoms with Crippen molar-refractivity contribution in [1.82, 2.24) is 4.72 Å². The van der Waals surface area contributed by atoms with E-state index in [2.05, 4.69) is 31.4 Å². The molecule has 0 bridgehead atoms. The lowest BCUT2D eigenvalue weighted by atomic mass is 9.94. The predicted octanol–water partition coefficient (Wildman–Crippen LogP) is 6.05. The quantitative estimate of drug-likeness (QED) is 0.248. The van der Waals surface area contributed by atoms with Crippen molar-refractivity contribution >= 4 is 27.0 Å². The molecule has 0 amide bonds. The molecule has 4 atom stereocenters. The molecule has 0 spiro atoms. The fourth-order valence-corrected chi connectivity index (χ4v) is 7.29. The van der Waals surface area contributed by atoms with Crippen LogP contribution in [-0.2, 0) is 22.8 Å². The van der Waals surface area contributed by atoms with Gasteiger partial charge in [0.2, 0.25) is 0 Å². The number of anilines is 3. The van der Waals surface area contributed by atoms with Crippen LogP contribution < -0.4 is 19.3 Å². The van der Waals surface area contributed by atoms with Gasteiger partial charge in [0.05, 0.1) is 23.1 Å². The molecule has 6 rings (SSSR count). The van der Waals surface area contributed by atoms with E-state index in [9.17, 15) is 22.5 Å². The van der Waals surface area contributed by atoms with Gasteiger partial charge in [0, 0.05) is 30.2 Å². The summed E-state index contributed by atoms with van der Waals surface area (Å²) in [7, 11) is -3.73. The summed E-state index contributed by atoms with van der Waals surface area (Å²) in [6, 6.07) is 29.0. The number of halogens is 3. The lowest BCUT2D eigenvalue weighted by Crippen LogP contribution is -2.65. The van der Waals surface area contributed by atoms with Gasteiger partial charge in [0.1, 0.15) is 15.7 Å². The number of aliphatic hydroxyl groups excluding tert-OH is 1. The van der Waals surface area contributed by atoms with Gasteiger partial charge in [-0.05, 0) is 72.5 Å². The van der Waals surface area contributed by atoms with Gasteiger partial charge in [0.15, 0.2) is 0 Å². The number of nitrogens with one attached hydrogen (secondary N) is 2. The molecule has 4 unspecified atom stereocenters. The first-order chi connectivity index (χ1) is 20.6. The maximum absolute atomic E-state index is 13.7. The molecule has 2 aliphatic rings. The summed E-state index contributed by atoms with van der Waals surface area (Å²) >= 11 is 0. The summed E-state index contributed by atoms with van der Waals surface area (Å²) in [6.45, 7) is 0.707. The van der Waals surface area contributed by atoms with Gasteiger partial charge in [-0.2, -0.15) is 0 Å². The average molecular weight is 609 g/mol. The van der Waals surface area contributed by atoms with Crippen molar-refractivity contribution in [2.24, 2.45) is 0 Å². The first kappa shape index (κ1) is 29.0. The molecular weight excluding hydrogens is 577 g/mol. The van der Waals surface area contributed by atoms with Crippen molar-refractivity contribution in [3.05, 3.63) is 114 Å². The fraction of sp³-hybridized carbons (Fsp3) is 0.250. The zero-order valence-electron chi connectivity index (χ0n) is 23.1. The zero-order chi connectivity index (χ0) is 30.2. The number of piperidine rings is 1. The molecule has 3 N–H and O–H groups in total. The summed E-state index contributed by atoms with van der Waals surface area (Å²) < 4.78 is 67.1. The zero-order valence-corrected chi connectivity index (χ0v) is 23.9. The largest absolute Gasteiger partial charge is 0.573 e. The molecule has 2 heterocycles. The first-order valence-corrected chi connectivity index (χ1v) is 15.5. The van der Waals surface area contributed by atoms with Crippen molar-refractivity contribution in [1.29, 1.82) is 4.78 Å². The van der Waals surface area contributed by atoms with E-state index >= 15 is 0 Å². The third-order valence-corrected chi connectivity index (χ3v) is 9.53. The minimum absolute atomic E-state index is 0.0203. The van der Waals surface area contributed by atoms with Crippen molar-refractivity contribution < 1.29 is 27.2 Å². The summed E-state index contributed by atoms with van der Waals surface area (Å²) in [4.78, 5) is 4.25. The standard InChI is InChI=1S/C32H31F3N4O3S/c33-32(34,35)42-25-16-18-26(19-17-25)43(36,41)37-27-20-38(24-10-2-1-3-11-24)21-30(31(27)40)39-28-12-6-4-8-22(28)14-15-23-9-5-7-13-29(23)39/h1-13,16-19,27,30-31,40H,14-15,20-21H2,(H2,36,37,41). The molecule has 0 aromatic heterocycles. The van der Waals surface area contributed by atoms with Gasteiger partial charge in [-0.15, -0.1) is 13.2 Å². The van der Waals surface area contributed by atoms with Crippen molar-refractivity contribution in [2.75, 3.05) is 22.9 Å². The number of hydrogen-bond acceptors (Lipinski definition) is 6. The Morgan fingerprint density at radius 3 is 1.95 bits per heavy atom. The fourth-order valence-electron chi connectivity index (χ4n) is 6.00. The normalized spacial score (nSPS) is 21.7. The Labute approximate surface area is 248 Å². The molecule has 4 aromatic carbocycles. The van der Waals surface area contributed by atoms with Crippen LogP contribution in [0.5, 0.6) is 5.75 Å². The Kier molecular flexibility index (Phi) is 7.80. The van der Waals surface area contributed by atoms with Gasteiger partial charge in [-0.1, -0.05) is 54.6 Å². The number of para-hydroxylation sites is 3. The second-order valence-corrected chi connectivity index (χ2v) is 12.5. The second-order valence-electron chi connectivity index (χ2n) is 10.7. The topological polar surface area (TPSA) is 88.9 Å². The molecule has 7 nitrogen and oxygen atoms in total. The summed E-state index contributed by atoms with van der Waals surface area (Å²) in [6.07, 6.45) is -4.25. The van der Waals surface area contributed by atoms with E-state index in [1.165, 1.54) is 12.1 Å². The third kappa shape index (κ3) is 6.20. The van der Waals surface area contributed by atoms with Gasteiger partial charge < -0.3 is 19.6 Å². The molecule has 1 saturated heterocycles. The summed E-state index contributed by atoms with van der Waals surface area (Å²) in [5.74, 6) is -0.474. The van der Waals surface area contributed by atoms with Crippen molar-refractivity contribution in [3.8, 4) is 5.75 Å². The Balaban J connectivity index is 1.38. The number of aryl methyl sites for hydroxylation is 2. The van der Waals surface area contributed by atoms with E-state index in [4.69, 9.17) is 4.78 Å². The van der Waals surface area contributed by atoms with Crippen LogP contribution in [-0.4, -0.2) is 47.0 Å². The van der Waals surface area contributed by atoms with Crippen LogP contribution in [0.1, 0.15) is 11.1 Å². The van der Waals surface area contributed by atoms with Crippen LogP contribution in [0.15, 0.2) is 108 Å². The monoisotopic (exact) mass is 608 g/mol. The maximum Gasteiger partial charge on any atom is 0.573 e. The van der Waals surface area contributed by atoms with Gasteiger partial charge in [-0.25, -0.2) is 13.7 Å². The third-order valence-electron chi connectivity index (χ3n) is 7.96. The Hall–Kier alpha value is -4.06. The molecule has 0 aliphatic carbocycles. The highest BCUT2D eigenvalue weighted by Gasteiger charge is 2.42. The number of aliphatic hydroxyl groups is 1. The van der Waals surface area contributed by atoms with Crippen LogP contribution in [0.4, 0.5) is 30.2 Å². The minimum Gasteiger partial charge on any atom is -0.406 e. The van der Waals surface area contributed by atoms with Gasteiger partial charge in [0.25, 0.3) is 0 Å². The van der Waals surface area contributed by atoms with Crippen LogP contribution in [0.3, 0.4) is 0 Å². The SMILES string of the molecule is N=S(=O)(NC1CN(c2ccccc2)CC(N2c3ccccc3CCc3ccccc32)C1O)c1ccc(OC(F)(F)F)cc1. The highest BCUT2D eigenvalue weighted by atomic mass is 32.2. The van der Waals surface area contributed by atoms with Crippen molar-refractivity contribution in [3.63, 3.8) is 0 Å². The molecule has 1 fully saturated rings. The lowest BCUT2D eigenvalue weighted by Gasteiger charge is -2.48. The van der Waals surface area contributed by atoms with E-state index in [1.54, 1.807) is 0 Å². The number of benzene rings is 4. The molecule has 4 aromatic rings. The number of hydrogen-bond donors (Lipinski definition) is 3. The van der Waals surface area contributed by atoms with E-state index in [0.717, 1.165) is 53.2 Å². The van der Waals surface area contributed by atoms with E-state index in [1.807, 2.05) is 66.7 Å². The second kappa shape index (κ2) is 11.6. The molecular formula is C32H31F3N4O3S. The number of fused-ring (bicyclic) bond motifs is 2. The van der Waals surface area contributed by atoms with E-state index in [0.29, 0.717) is 6.54 Å². The molecule has 2 aliphatic heterocycles. The first-order valence-electron chi connectivity index (χ1n) is 13.9. The predicted molar refractivity (Wildman–Crippen MR) is 160 cm³/mol. The van der Waals surface area contributed by atoms with Crippen molar-refractivity contribution in [2.45, 2.75) is 42.3 Å². The summed E-state index contributed by atoms with van der Waals surface area (Å²) in [5, 5.41) is 12.0. The molecule has 43 heavy (non-hydrogen) atoms. The molecule has 224 valence electrons.